The van der Waals surface area contributed by atoms with Crippen molar-refractivity contribution in [3.8, 4) is 23.3 Å². The summed E-state index contributed by atoms with van der Waals surface area (Å²) < 4.78 is 31.0. The number of benzene rings is 3. The van der Waals surface area contributed by atoms with Crippen molar-refractivity contribution >= 4 is 33.6 Å². The summed E-state index contributed by atoms with van der Waals surface area (Å²) in [4.78, 5) is 12.7. The normalized spacial score (nSPS) is 10.9. The van der Waals surface area contributed by atoms with E-state index in [0.29, 0.717) is 45.1 Å². The topological polar surface area (TPSA) is 80.6 Å². The van der Waals surface area contributed by atoms with Crippen LogP contribution in [0.5, 0.6) is 17.2 Å². The highest BCUT2D eigenvalue weighted by Gasteiger charge is 2.15. The summed E-state index contributed by atoms with van der Waals surface area (Å²) >= 11 is 3.44. The SMILES string of the molecule is CCOc1cccc(NC(=O)/C(C#N)=C\c2cc(OC)c(OCc3ccccc3F)cc2Br)c1. The van der Waals surface area contributed by atoms with Crippen LogP contribution in [-0.4, -0.2) is 19.6 Å². The number of carbonyl (C=O) groups is 1. The van der Waals surface area contributed by atoms with Gasteiger partial charge in [-0.15, -0.1) is 0 Å². The minimum atomic E-state index is -0.568. The van der Waals surface area contributed by atoms with Gasteiger partial charge in [-0.2, -0.15) is 5.26 Å². The molecule has 0 fully saturated rings. The lowest BCUT2D eigenvalue weighted by Crippen LogP contribution is -2.13. The van der Waals surface area contributed by atoms with Crippen LogP contribution < -0.4 is 19.5 Å². The second-order valence-electron chi connectivity index (χ2n) is 6.99. The van der Waals surface area contributed by atoms with Gasteiger partial charge in [-0.25, -0.2) is 4.39 Å². The molecule has 0 aliphatic carbocycles. The Morgan fingerprint density at radius 2 is 1.91 bits per heavy atom. The highest BCUT2D eigenvalue weighted by atomic mass is 79.9. The molecule has 174 valence electrons. The molecule has 3 rings (SSSR count). The zero-order chi connectivity index (χ0) is 24.5. The molecule has 0 unspecified atom stereocenters. The molecule has 0 bridgehead atoms. The van der Waals surface area contributed by atoms with Crippen molar-refractivity contribution in [1.82, 2.24) is 0 Å². The number of halogens is 2. The first-order valence-corrected chi connectivity index (χ1v) is 11.1. The molecule has 8 heteroatoms. The fourth-order valence-corrected chi connectivity index (χ4v) is 3.47. The molecule has 1 amide bonds. The van der Waals surface area contributed by atoms with Crippen molar-refractivity contribution < 1.29 is 23.4 Å². The molecule has 3 aromatic carbocycles. The molecular formula is C26H22BrFN2O4. The smallest absolute Gasteiger partial charge is 0.266 e. The number of nitriles is 1. The van der Waals surface area contributed by atoms with Gasteiger partial charge < -0.3 is 19.5 Å². The first-order chi connectivity index (χ1) is 16.4. The van der Waals surface area contributed by atoms with Crippen LogP contribution in [0.3, 0.4) is 0 Å². The van der Waals surface area contributed by atoms with Crippen molar-refractivity contribution in [3.05, 3.63) is 87.7 Å². The second-order valence-corrected chi connectivity index (χ2v) is 7.84. The Hall–Kier alpha value is -3.83. The van der Waals surface area contributed by atoms with Crippen LogP contribution in [0.4, 0.5) is 10.1 Å². The van der Waals surface area contributed by atoms with E-state index in [4.69, 9.17) is 14.2 Å². The Morgan fingerprint density at radius 3 is 2.62 bits per heavy atom. The zero-order valence-electron chi connectivity index (χ0n) is 18.6. The van der Waals surface area contributed by atoms with Crippen molar-refractivity contribution in [2.75, 3.05) is 19.0 Å². The molecule has 3 aromatic rings. The zero-order valence-corrected chi connectivity index (χ0v) is 20.2. The number of ether oxygens (including phenoxy) is 3. The minimum Gasteiger partial charge on any atom is -0.494 e. The molecule has 0 saturated heterocycles. The maximum absolute atomic E-state index is 13.9. The fraction of sp³-hybridized carbons (Fsp3) is 0.154. The molecular weight excluding hydrogens is 503 g/mol. The molecule has 0 aliphatic rings. The summed E-state index contributed by atoms with van der Waals surface area (Å²) in [5, 5.41) is 12.3. The van der Waals surface area contributed by atoms with Gasteiger partial charge in [0.1, 0.15) is 29.8 Å². The maximum Gasteiger partial charge on any atom is 0.266 e. The molecule has 0 aromatic heterocycles. The van der Waals surface area contributed by atoms with Gasteiger partial charge in [-0.3, -0.25) is 4.79 Å². The molecule has 0 spiro atoms. The minimum absolute atomic E-state index is 0.0112. The first kappa shape index (κ1) is 24.8. The predicted molar refractivity (Wildman–Crippen MR) is 131 cm³/mol. The number of methoxy groups -OCH3 is 1. The van der Waals surface area contributed by atoms with Crippen LogP contribution in [0.15, 0.2) is 70.7 Å². The Kier molecular flexibility index (Phi) is 8.66. The van der Waals surface area contributed by atoms with E-state index in [9.17, 15) is 14.4 Å². The van der Waals surface area contributed by atoms with Gasteiger partial charge in [0.05, 0.1) is 13.7 Å². The fourth-order valence-electron chi connectivity index (χ4n) is 3.04. The Morgan fingerprint density at radius 1 is 1.12 bits per heavy atom. The Balaban J connectivity index is 1.81. The standard InChI is InChI=1S/C26H22BrFN2O4/c1-3-33-21-9-6-8-20(13-21)30-26(31)19(15-29)11-18-12-24(32-2)25(14-22(18)27)34-16-17-7-4-5-10-23(17)28/h4-14H,3,16H2,1-2H3,(H,30,31)/b19-11-. The number of nitrogens with one attached hydrogen (secondary N) is 1. The van der Waals surface area contributed by atoms with Gasteiger partial charge in [0.2, 0.25) is 0 Å². The summed E-state index contributed by atoms with van der Waals surface area (Å²) in [6, 6.07) is 18.4. The summed E-state index contributed by atoms with van der Waals surface area (Å²) in [5.41, 5.74) is 1.33. The van der Waals surface area contributed by atoms with E-state index < -0.39 is 5.91 Å². The number of hydrogen-bond acceptors (Lipinski definition) is 5. The maximum atomic E-state index is 13.9. The van der Waals surface area contributed by atoms with Gasteiger partial charge in [0, 0.05) is 21.8 Å². The molecule has 0 aliphatic heterocycles. The quantitative estimate of drug-likeness (QED) is 0.269. The molecule has 0 saturated carbocycles. The molecule has 0 heterocycles. The highest BCUT2D eigenvalue weighted by molar-refractivity contribution is 9.10. The number of rotatable bonds is 9. The van der Waals surface area contributed by atoms with Gasteiger partial charge in [0.25, 0.3) is 5.91 Å². The summed E-state index contributed by atoms with van der Waals surface area (Å²) in [5.74, 6) is 0.429. The molecule has 34 heavy (non-hydrogen) atoms. The molecule has 6 nitrogen and oxygen atoms in total. The van der Waals surface area contributed by atoms with Gasteiger partial charge >= 0.3 is 0 Å². The van der Waals surface area contributed by atoms with Crippen molar-refractivity contribution in [1.29, 1.82) is 5.26 Å². The lowest BCUT2D eigenvalue weighted by molar-refractivity contribution is -0.112. The largest absolute Gasteiger partial charge is 0.494 e. The number of hydrogen-bond donors (Lipinski definition) is 1. The van der Waals surface area contributed by atoms with E-state index in [1.807, 2.05) is 13.0 Å². The Bertz CT molecular complexity index is 1250. The van der Waals surface area contributed by atoms with Gasteiger partial charge in [-0.1, -0.05) is 40.2 Å². The second kappa shape index (κ2) is 11.9. The van der Waals surface area contributed by atoms with E-state index in [1.165, 1.54) is 19.3 Å². The van der Waals surface area contributed by atoms with E-state index in [2.05, 4.69) is 21.2 Å². The van der Waals surface area contributed by atoms with E-state index >= 15 is 0 Å². The highest BCUT2D eigenvalue weighted by Crippen LogP contribution is 2.35. The predicted octanol–water partition coefficient (Wildman–Crippen LogP) is 6.12. The first-order valence-electron chi connectivity index (χ1n) is 10.3. The number of carbonyl (C=O) groups excluding carboxylic acids is 1. The summed E-state index contributed by atoms with van der Waals surface area (Å²) in [6.45, 7) is 2.37. The van der Waals surface area contributed by atoms with Gasteiger partial charge in [0.15, 0.2) is 11.5 Å². The monoisotopic (exact) mass is 524 g/mol. The van der Waals surface area contributed by atoms with Crippen LogP contribution in [0.1, 0.15) is 18.1 Å². The average Bonchev–Trinajstić information content (AvgIpc) is 2.83. The summed E-state index contributed by atoms with van der Waals surface area (Å²) in [7, 11) is 1.47. The number of anilines is 1. The van der Waals surface area contributed by atoms with Crippen LogP contribution >= 0.6 is 15.9 Å². The average molecular weight is 525 g/mol. The van der Waals surface area contributed by atoms with Crippen molar-refractivity contribution in [2.45, 2.75) is 13.5 Å². The third-order valence-electron chi connectivity index (χ3n) is 4.69. The van der Waals surface area contributed by atoms with E-state index in [1.54, 1.807) is 54.6 Å². The van der Waals surface area contributed by atoms with Crippen molar-refractivity contribution in [2.24, 2.45) is 0 Å². The number of amides is 1. The molecule has 0 radical (unpaired) electrons. The molecule has 1 N–H and O–H groups in total. The van der Waals surface area contributed by atoms with E-state index in [-0.39, 0.29) is 18.0 Å². The van der Waals surface area contributed by atoms with Crippen LogP contribution in [-0.2, 0) is 11.4 Å². The third-order valence-corrected chi connectivity index (χ3v) is 5.38. The number of nitrogens with zero attached hydrogens (tertiary/aromatic N) is 1. The van der Waals surface area contributed by atoms with Gasteiger partial charge in [-0.05, 0) is 48.9 Å². The van der Waals surface area contributed by atoms with E-state index in [0.717, 1.165) is 0 Å². The van der Waals surface area contributed by atoms with Crippen molar-refractivity contribution in [3.63, 3.8) is 0 Å². The Labute approximate surface area is 205 Å². The summed E-state index contributed by atoms with van der Waals surface area (Å²) in [6.07, 6.45) is 1.44. The van der Waals surface area contributed by atoms with Crippen LogP contribution in [0.25, 0.3) is 6.08 Å². The lowest BCUT2D eigenvalue weighted by atomic mass is 10.1. The lowest BCUT2D eigenvalue weighted by Gasteiger charge is -2.13. The van der Waals surface area contributed by atoms with Crippen LogP contribution in [0, 0.1) is 17.1 Å². The molecule has 0 atom stereocenters. The third kappa shape index (κ3) is 6.36. The van der Waals surface area contributed by atoms with Crippen LogP contribution in [0.2, 0.25) is 0 Å².